The number of hydrogen-bond acceptors (Lipinski definition) is 5. The largest absolute Gasteiger partial charge is 0.463 e. The predicted molar refractivity (Wildman–Crippen MR) is 84.3 cm³/mol. The van der Waals surface area contributed by atoms with Crippen LogP contribution in [-0.4, -0.2) is 50.3 Å². The van der Waals surface area contributed by atoms with Crippen LogP contribution in [0.15, 0.2) is 24.7 Å². The molecular weight excluding hydrogens is 332 g/mol. The highest BCUT2D eigenvalue weighted by Crippen LogP contribution is 2.25. The minimum atomic E-state index is -2.77. The molecule has 0 radical (unpaired) electrons. The summed E-state index contributed by atoms with van der Waals surface area (Å²) < 4.78 is 32.8. The normalized spacial score (nSPS) is 15.6. The first-order valence-electron chi connectivity index (χ1n) is 8.05. The number of carbonyl (C=O) groups excluding carboxylic acids is 1. The number of piperidine rings is 1. The fraction of sp³-hybridized carbons (Fsp3) is 0.500. The van der Waals surface area contributed by atoms with Gasteiger partial charge in [0.15, 0.2) is 0 Å². The minimum Gasteiger partial charge on any atom is -0.463 e. The Kier molecular flexibility index (Phi) is 5.20. The quantitative estimate of drug-likeness (QED) is 0.825. The standard InChI is InChI=1S/C16H19F2N5O2/c1-22-9-12(13(21-22)14(17)18)15(24)23-7-3-11(4-8-23)10-25-16-19-5-2-6-20-16/h2,5-6,9,11,14H,3-4,7-8,10H2,1H3. The zero-order valence-corrected chi connectivity index (χ0v) is 13.8. The van der Waals surface area contributed by atoms with Crippen molar-refractivity contribution in [3.8, 4) is 6.01 Å². The van der Waals surface area contributed by atoms with Gasteiger partial charge in [0.1, 0.15) is 5.69 Å². The van der Waals surface area contributed by atoms with E-state index in [2.05, 4.69) is 15.1 Å². The number of aromatic nitrogens is 4. The molecule has 0 N–H and O–H groups in total. The fourth-order valence-electron chi connectivity index (χ4n) is 2.86. The van der Waals surface area contributed by atoms with Crippen molar-refractivity contribution in [2.24, 2.45) is 13.0 Å². The summed E-state index contributed by atoms with van der Waals surface area (Å²) in [4.78, 5) is 22.1. The number of hydrogen-bond donors (Lipinski definition) is 0. The Hall–Kier alpha value is -2.58. The first-order valence-corrected chi connectivity index (χ1v) is 8.05. The fourth-order valence-corrected chi connectivity index (χ4v) is 2.86. The second kappa shape index (κ2) is 7.54. The summed E-state index contributed by atoms with van der Waals surface area (Å²) in [5, 5.41) is 3.69. The number of likely N-dealkylation sites (tertiary alicyclic amines) is 1. The van der Waals surface area contributed by atoms with E-state index in [0.717, 1.165) is 12.8 Å². The maximum absolute atomic E-state index is 13.0. The maximum atomic E-state index is 13.0. The Bertz CT molecular complexity index is 715. The van der Waals surface area contributed by atoms with Gasteiger partial charge in [-0.1, -0.05) is 0 Å². The molecule has 1 saturated heterocycles. The van der Waals surface area contributed by atoms with Gasteiger partial charge in [-0.15, -0.1) is 0 Å². The van der Waals surface area contributed by atoms with Crippen molar-refractivity contribution < 1.29 is 18.3 Å². The minimum absolute atomic E-state index is 0.0233. The summed E-state index contributed by atoms with van der Waals surface area (Å²) >= 11 is 0. The third-order valence-electron chi connectivity index (χ3n) is 4.19. The summed E-state index contributed by atoms with van der Waals surface area (Å²) in [6.45, 7) is 1.47. The lowest BCUT2D eigenvalue weighted by molar-refractivity contribution is 0.0646. The third kappa shape index (κ3) is 4.09. The van der Waals surface area contributed by atoms with Crippen LogP contribution in [0.3, 0.4) is 0 Å². The molecule has 1 fully saturated rings. The van der Waals surface area contributed by atoms with Crippen LogP contribution in [0, 0.1) is 5.92 Å². The van der Waals surface area contributed by atoms with Gasteiger partial charge in [0.05, 0.1) is 12.2 Å². The molecule has 3 rings (SSSR count). The number of ether oxygens (including phenoxy) is 1. The van der Waals surface area contributed by atoms with Crippen molar-refractivity contribution in [3.63, 3.8) is 0 Å². The summed E-state index contributed by atoms with van der Waals surface area (Å²) in [5.41, 5.74) is -0.482. The molecule has 25 heavy (non-hydrogen) atoms. The van der Waals surface area contributed by atoms with Crippen LogP contribution in [0.1, 0.15) is 35.3 Å². The van der Waals surface area contributed by atoms with E-state index in [4.69, 9.17) is 4.74 Å². The number of aryl methyl sites for hydroxylation is 1. The molecular formula is C16H19F2N5O2. The molecule has 3 heterocycles. The van der Waals surface area contributed by atoms with Gasteiger partial charge in [-0.3, -0.25) is 9.48 Å². The lowest BCUT2D eigenvalue weighted by Gasteiger charge is -2.31. The van der Waals surface area contributed by atoms with Crippen molar-refractivity contribution in [1.29, 1.82) is 0 Å². The summed E-state index contributed by atoms with van der Waals surface area (Å²) in [5.74, 6) is -0.120. The maximum Gasteiger partial charge on any atom is 0.316 e. The van der Waals surface area contributed by atoms with Crippen LogP contribution < -0.4 is 4.74 Å². The van der Waals surface area contributed by atoms with Gasteiger partial charge in [-0.05, 0) is 24.8 Å². The Morgan fingerprint density at radius 2 is 2.00 bits per heavy atom. The van der Waals surface area contributed by atoms with Crippen molar-refractivity contribution in [1.82, 2.24) is 24.6 Å². The van der Waals surface area contributed by atoms with E-state index in [0.29, 0.717) is 25.7 Å². The number of carbonyl (C=O) groups is 1. The lowest BCUT2D eigenvalue weighted by Crippen LogP contribution is -2.40. The second-order valence-electron chi connectivity index (χ2n) is 5.98. The third-order valence-corrected chi connectivity index (χ3v) is 4.19. The van der Waals surface area contributed by atoms with Crippen LogP contribution in [-0.2, 0) is 7.05 Å². The van der Waals surface area contributed by atoms with Gasteiger partial charge in [0, 0.05) is 38.7 Å². The molecule has 0 bridgehead atoms. The Labute approximate surface area is 143 Å². The molecule has 1 amide bonds. The predicted octanol–water partition coefficient (Wildman–Crippen LogP) is 2.08. The highest BCUT2D eigenvalue weighted by atomic mass is 19.3. The Balaban J connectivity index is 1.54. The van der Waals surface area contributed by atoms with Crippen molar-refractivity contribution in [3.05, 3.63) is 35.9 Å². The average Bonchev–Trinajstić information content (AvgIpc) is 3.03. The molecule has 2 aromatic rings. The highest BCUT2D eigenvalue weighted by Gasteiger charge is 2.29. The first-order chi connectivity index (χ1) is 12.0. The number of alkyl halides is 2. The topological polar surface area (TPSA) is 73.1 Å². The zero-order chi connectivity index (χ0) is 17.8. The molecule has 1 aliphatic heterocycles. The lowest BCUT2D eigenvalue weighted by atomic mass is 9.97. The van der Waals surface area contributed by atoms with Gasteiger partial charge >= 0.3 is 6.01 Å². The van der Waals surface area contributed by atoms with E-state index in [1.165, 1.54) is 17.9 Å². The average molecular weight is 351 g/mol. The van der Waals surface area contributed by atoms with Crippen LogP contribution in [0.2, 0.25) is 0 Å². The SMILES string of the molecule is Cn1cc(C(=O)N2CCC(COc3ncccn3)CC2)c(C(F)F)n1. The van der Waals surface area contributed by atoms with Gasteiger partial charge < -0.3 is 9.64 Å². The van der Waals surface area contributed by atoms with Gasteiger partial charge in [0.2, 0.25) is 0 Å². The summed E-state index contributed by atoms with van der Waals surface area (Å²) in [6, 6.07) is 2.04. The van der Waals surface area contributed by atoms with Crippen molar-refractivity contribution >= 4 is 5.91 Å². The van der Waals surface area contributed by atoms with E-state index in [1.54, 1.807) is 23.4 Å². The molecule has 2 aromatic heterocycles. The number of halogens is 2. The molecule has 7 nitrogen and oxygen atoms in total. The summed E-state index contributed by atoms with van der Waals surface area (Å²) in [6.07, 6.45) is 3.28. The Morgan fingerprint density at radius 1 is 1.32 bits per heavy atom. The van der Waals surface area contributed by atoms with Crippen LogP contribution in [0.5, 0.6) is 6.01 Å². The van der Waals surface area contributed by atoms with E-state index < -0.39 is 18.0 Å². The Morgan fingerprint density at radius 3 is 2.64 bits per heavy atom. The number of rotatable bonds is 5. The van der Waals surface area contributed by atoms with E-state index in [-0.39, 0.29) is 11.5 Å². The van der Waals surface area contributed by atoms with E-state index >= 15 is 0 Å². The molecule has 134 valence electrons. The van der Waals surface area contributed by atoms with Crippen molar-refractivity contribution in [2.45, 2.75) is 19.3 Å². The monoisotopic (exact) mass is 351 g/mol. The number of nitrogens with zero attached hydrogens (tertiary/aromatic N) is 5. The smallest absolute Gasteiger partial charge is 0.316 e. The second-order valence-corrected chi connectivity index (χ2v) is 5.98. The highest BCUT2D eigenvalue weighted by molar-refractivity contribution is 5.95. The molecule has 0 saturated carbocycles. The molecule has 0 aromatic carbocycles. The van der Waals surface area contributed by atoms with Crippen molar-refractivity contribution in [2.75, 3.05) is 19.7 Å². The molecule has 0 aliphatic carbocycles. The van der Waals surface area contributed by atoms with Gasteiger partial charge in [0.25, 0.3) is 12.3 Å². The van der Waals surface area contributed by atoms with Crippen LogP contribution >= 0.6 is 0 Å². The molecule has 0 atom stereocenters. The number of amides is 1. The molecule has 0 spiro atoms. The van der Waals surface area contributed by atoms with Crippen LogP contribution in [0.25, 0.3) is 0 Å². The van der Waals surface area contributed by atoms with E-state index in [9.17, 15) is 13.6 Å². The first kappa shape index (κ1) is 17.2. The van der Waals surface area contributed by atoms with Crippen LogP contribution in [0.4, 0.5) is 8.78 Å². The molecule has 9 heteroatoms. The van der Waals surface area contributed by atoms with Gasteiger partial charge in [-0.2, -0.15) is 5.10 Å². The van der Waals surface area contributed by atoms with Gasteiger partial charge in [-0.25, -0.2) is 18.7 Å². The molecule has 1 aliphatic rings. The molecule has 0 unspecified atom stereocenters. The van der Waals surface area contributed by atoms with E-state index in [1.807, 2.05) is 0 Å². The zero-order valence-electron chi connectivity index (χ0n) is 13.8. The summed E-state index contributed by atoms with van der Waals surface area (Å²) in [7, 11) is 1.53.